The van der Waals surface area contributed by atoms with Crippen LogP contribution in [0.2, 0.25) is 0 Å². The number of aromatic nitrogens is 3. The van der Waals surface area contributed by atoms with Crippen LogP contribution in [0.4, 0.5) is 0 Å². The van der Waals surface area contributed by atoms with Gasteiger partial charge in [0.1, 0.15) is 12.2 Å². The van der Waals surface area contributed by atoms with Gasteiger partial charge in [-0.25, -0.2) is 4.98 Å². The van der Waals surface area contributed by atoms with Gasteiger partial charge in [0.2, 0.25) is 0 Å². The van der Waals surface area contributed by atoms with Gasteiger partial charge in [0.25, 0.3) is 0 Å². The smallest absolute Gasteiger partial charge is 0.193 e. The van der Waals surface area contributed by atoms with Crippen LogP contribution in [0.15, 0.2) is 41.7 Å². The van der Waals surface area contributed by atoms with Crippen LogP contribution in [-0.2, 0) is 20.1 Å². The lowest BCUT2D eigenvalue weighted by Crippen LogP contribution is -2.41. The normalized spacial score (nSPS) is 13.1. The van der Waals surface area contributed by atoms with Crippen LogP contribution in [0.3, 0.4) is 0 Å². The van der Waals surface area contributed by atoms with Gasteiger partial charge in [0, 0.05) is 40.3 Å². The molecular weight excluding hydrogens is 326 g/mol. The maximum absolute atomic E-state index is 4.37. The third-order valence-electron chi connectivity index (χ3n) is 4.63. The SMILES string of the molecule is CN=C(NCCC(C)N(C)Cc1ccccc1)N(C)Cc1ncnn1C. The van der Waals surface area contributed by atoms with E-state index in [0.29, 0.717) is 12.6 Å². The average Bonchev–Trinajstić information content (AvgIpc) is 3.04. The molecule has 1 N–H and O–H groups in total. The number of rotatable bonds is 8. The second kappa shape index (κ2) is 9.91. The van der Waals surface area contributed by atoms with E-state index in [1.807, 2.05) is 14.1 Å². The minimum absolute atomic E-state index is 0.477. The van der Waals surface area contributed by atoms with Gasteiger partial charge in [-0.05, 0) is 26.0 Å². The largest absolute Gasteiger partial charge is 0.356 e. The van der Waals surface area contributed by atoms with E-state index in [2.05, 4.69) is 74.5 Å². The molecule has 0 aliphatic heterocycles. The van der Waals surface area contributed by atoms with E-state index >= 15 is 0 Å². The van der Waals surface area contributed by atoms with Crippen molar-refractivity contribution in [2.24, 2.45) is 12.0 Å². The number of nitrogens with zero attached hydrogens (tertiary/aromatic N) is 6. The Morgan fingerprint density at radius 2 is 1.96 bits per heavy atom. The molecule has 0 saturated heterocycles. The summed E-state index contributed by atoms with van der Waals surface area (Å²) in [5.41, 5.74) is 1.34. The molecule has 0 radical (unpaired) electrons. The number of hydrogen-bond acceptors (Lipinski definition) is 4. The van der Waals surface area contributed by atoms with Crippen LogP contribution in [-0.4, -0.2) is 64.3 Å². The van der Waals surface area contributed by atoms with Crippen molar-refractivity contribution in [3.05, 3.63) is 48.0 Å². The molecule has 2 aromatic rings. The molecule has 0 aliphatic carbocycles. The molecule has 142 valence electrons. The highest BCUT2D eigenvalue weighted by Crippen LogP contribution is 2.08. The monoisotopic (exact) mass is 357 g/mol. The Bertz CT molecular complexity index is 680. The topological polar surface area (TPSA) is 61.6 Å². The fraction of sp³-hybridized carbons (Fsp3) is 0.526. The van der Waals surface area contributed by atoms with Crippen LogP contribution in [0.5, 0.6) is 0 Å². The lowest BCUT2D eigenvalue weighted by Gasteiger charge is -2.26. The van der Waals surface area contributed by atoms with Gasteiger partial charge in [-0.15, -0.1) is 0 Å². The highest BCUT2D eigenvalue weighted by Gasteiger charge is 2.12. The molecule has 7 heteroatoms. The van der Waals surface area contributed by atoms with Crippen molar-refractivity contribution in [3.63, 3.8) is 0 Å². The van der Waals surface area contributed by atoms with Crippen LogP contribution in [0.1, 0.15) is 24.7 Å². The number of hydrogen-bond donors (Lipinski definition) is 1. The number of aryl methyl sites for hydroxylation is 1. The molecule has 2 rings (SSSR count). The first-order valence-electron chi connectivity index (χ1n) is 9.00. The highest BCUT2D eigenvalue weighted by atomic mass is 15.4. The summed E-state index contributed by atoms with van der Waals surface area (Å²) in [6.07, 6.45) is 2.61. The molecule has 26 heavy (non-hydrogen) atoms. The van der Waals surface area contributed by atoms with Gasteiger partial charge >= 0.3 is 0 Å². The van der Waals surface area contributed by atoms with Crippen molar-refractivity contribution >= 4 is 5.96 Å². The van der Waals surface area contributed by atoms with E-state index in [4.69, 9.17) is 0 Å². The zero-order valence-electron chi connectivity index (χ0n) is 16.6. The van der Waals surface area contributed by atoms with Crippen molar-refractivity contribution in [2.75, 3.05) is 27.7 Å². The summed E-state index contributed by atoms with van der Waals surface area (Å²) >= 11 is 0. The summed E-state index contributed by atoms with van der Waals surface area (Å²) in [5.74, 6) is 1.78. The Hall–Kier alpha value is -2.41. The molecule has 1 atom stereocenters. The number of benzene rings is 1. The summed E-state index contributed by atoms with van der Waals surface area (Å²) in [5, 5.41) is 7.55. The third-order valence-corrected chi connectivity index (χ3v) is 4.63. The molecule has 0 spiro atoms. The lowest BCUT2D eigenvalue weighted by atomic mass is 10.1. The van der Waals surface area contributed by atoms with E-state index in [-0.39, 0.29) is 0 Å². The summed E-state index contributed by atoms with van der Waals surface area (Å²) in [6.45, 7) is 4.76. The molecule has 1 aromatic heterocycles. The van der Waals surface area contributed by atoms with Crippen molar-refractivity contribution in [1.29, 1.82) is 0 Å². The highest BCUT2D eigenvalue weighted by molar-refractivity contribution is 5.79. The van der Waals surface area contributed by atoms with Crippen LogP contribution in [0, 0.1) is 0 Å². The molecule has 7 nitrogen and oxygen atoms in total. The third kappa shape index (κ3) is 5.84. The fourth-order valence-electron chi connectivity index (χ4n) is 2.78. The molecule has 1 heterocycles. The van der Waals surface area contributed by atoms with Crippen molar-refractivity contribution in [3.8, 4) is 0 Å². The molecule has 0 fully saturated rings. The Kier molecular flexibility index (Phi) is 7.59. The lowest BCUT2D eigenvalue weighted by molar-refractivity contribution is 0.238. The predicted molar refractivity (Wildman–Crippen MR) is 106 cm³/mol. The standard InChI is InChI=1S/C19H31N7/c1-16(24(3)13-17-9-7-6-8-10-17)11-12-21-19(20-2)25(4)14-18-22-15-23-26(18)5/h6-10,15-16H,11-14H2,1-5H3,(H,20,21). The summed E-state index contributed by atoms with van der Waals surface area (Å²) in [7, 11) is 7.89. The maximum atomic E-state index is 4.37. The second-order valence-corrected chi connectivity index (χ2v) is 6.67. The number of nitrogens with one attached hydrogen (secondary N) is 1. The van der Waals surface area contributed by atoms with Crippen molar-refractivity contribution in [1.82, 2.24) is 29.9 Å². The molecular formula is C19H31N7. The first kappa shape index (κ1) is 19.9. The predicted octanol–water partition coefficient (Wildman–Crippen LogP) is 1.73. The van der Waals surface area contributed by atoms with E-state index in [9.17, 15) is 0 Å². The molecule has 1 unspecified atom stereocenters. The minimum Gasteiger partial charge on any atom is -0.356 e. The van der Waals surface area contributed by atoms with Crippen LogP contribution < -0.4 is 5.32 Å². The molecule has 1 aromatic carbocycles. The average molecular weight is 358 g/mol. The zero-order chi connectivity index (χ0) is 18.9. The van der Waals surface area contributed by atoms with E-state index in [0.717, 1.165) is 31.3 Å². The van der Waals surface area contributed by atoms with Gasteiger partial charge in [-0.2, -0.15) is 5.10 Å². The van der Waals surface area contributed by atoms with Gasteiger partial charge in [-0.1, -0.05) is 30.3 Å². The Morgan fingerprint density at radius 3 is 2.58 bits per heavy atom. The first-order chi connectivity index (χ1) is 12.5. The molecule has 0 bridgehead atoms. The van der Waals surface area contributed by atoms with E-state index in [1.165, 1.54) is 5.56 Å². The molecule has 0 aliphatic rings. The maximum Gasteiger partial charge on any atom is 0.193 e. The fourth-order valence-corrected chi connectivity index (χ4v) is 2.78. The van der Waals surface area contributed by atoms with Gasteiger partial charge in [0.15, 0.2) is 5.96 Å². The first-order valence-corrected chi connectivity index (χ1v) is 9.00. The number of aliphatic imine (C=N–C) groups is 1. The molecule has 0 amide bonds. The Balaban J connectivity index is 1.76. The van der Waals surface area contributed by atoms with Crippen LogP contribution >= 0.6 is 0 Å². The Labute approximate surface area is 156 Å². The summed E-state index contributed by atoms with van der Waals surface area (Å²) in [6, 6.07) is 11.1. The van der Waals surface area contributed by atoms with E-state index in [1.54, 1.807) is 18.1 Å². The van der Waals surface area contributed by atoms with Crippen LogP contribution in [0.25, 0.3) is 0 Å². The second-order valence-electron chi connectivity index (χ2n) is 6.67. The van der Waals surface area contributed by atoms with Gasteiger partial charge in [0.05, 0.1) is 6.54 Å². The number of guanidine groups is 1. The van der Waals surface area contributed by atoms with Crippen molar-refractivity contribution < 1.29 is 0 Å². The van der Waals surface area contributed by atoms with Crippen molar-refractivity contribution in [2.45, 2.75) is 32.5 Å². The molecule has 0 saturated carbocycles. The van der Waals surface area contributed by atoms with Gasteiger partial charge in [-0.3, -0.25) is 14.6 Å². The summed E-state index contributed by atoms with van der Waals surface area (Å²) in [4.78, 5) is 13.1. The minimum atomic E-state index is 0.477. The quantitative estimate of drug-likeness (QED) is 0.576. The summed E-state index contributed by atoms with van der Waals surface area (Å²) < 4.78 is 1.78. The Morgan fingerprint density at radius 1 is 1.23 bits per heavy atom. The van der Waals surface area contributed by atoms with Gasteiger partial charge < -0.3 is 10.2 Å². The van der Waals surface area contributed by atoms with E-state index < -0.39 is 0 Å². The zero-order valence-corrected chi connectivity index (χ0v) is 16.6.